The summed E-state index contributed by atoms with van der Waals surface area (Å²) in [5.74, 6) is 0. The largest absolute Gasteiger partial charge is 1.00 e. The van der Waals surface area contributed by atoms with Crippen molar-refractivity contribution in [2.45, 2.75) is 38.5 Å². The van der Waals surface area contributed by atoms with E-state index in [-0.39, 0.29) is 29.7 Å². The van der Waals surface area contributed by atoms with E-state index in [0.717, 1.165) is 5.56 Å². The fourth-order valence-electron chi connectivity index (χ4n) is 3.79. The van der Waals surface area contributed by atoms with Crippen molar-refractivity contribution in [1.29, 1.82) is 0 Å². The third-order valence-electron chi connectivity index (χ3n) is 4.91. The third kappa shape index (κ3) is 2.56. The van der Waals surface area contributed by atoms with Crippen molar-refractivity contribution in [1.82, 2.24) is 0 Å². The molecule has 0 saturated heterocycles. The van der Waals surface area contributed by atoms with Crippen LogP contribution < -0.4 is 18.9 Å². The second kappa shape index (κ2) is 5.69. The Bertz CT molecular complexity index is 666. The molecule has 1 heteroatoms. The van der Waals surface area contributed by atoms with Crippen LogP contribution in [-0.2, 0) is 10.8 Å². The van der Waals surface area contributed by atoms with Crippen molar-refractivity contribution in [3.63, 3.8) is 0 Å². The van der Waals surface area contributed by atoms with E-state index in [4.69, 9.17) is 0 Å². The molecule has 2 aromatic rings. The molecule has 2 aromatic carbocycles. The van der Waals surface area contributed by atoms with E-state index in [1.807, 2.05) is 0 Å². The van der Waals surface area contributed by atoms with Gasteiger partial charge in [-0.05, 0) is 22.3 Å². The Morgan fingerprint density at radius 1 is 0.773 bits per heavy atom. The summed E-state index contributed by atoms with van der Waals surface area (Å²) in [4.78, 5) is 0. The van der Waals surface area contributed by atoms with Crippen molar-refractivity contribution in [3.05, 3.63) is 83.3 Å². The van der Waals surface area contributed by atoms with Crippen molar-refractivity contribution < 1.29 is 18.9 Å². The molecule has 22 heavy (non-hydrogen) atoms. The van der Waals surface area contributed by atoms with Gasteiger partial charge in [0.2, 0.25) is 0 Å². The fourth-order valence-corrected chi connectivity index (χ4v) is 3.79. The van der Waals surface area contributed by atoms with Gasteiger partial charge in [0.05, 0.1) is 0 Å². The first-order valence-corrected chi connectivity index (χ1v) is 7.58. The fraction of sp³-hybridized carbons (Fsp3) is 0.286. The molecule has 0 spiro atoms. The number of hydrogen-bond donors (Lipinski definition) is 0. The van der Waals surface area contributed by atoms with Gasteiger partial charge in [-0.25, -0.2) is 0 Å². The molecule has 0 saturated carbocycles. The van der Waals surface area contributed by atoms with Gasteiger partial charge in [-0.2, -0.15) is 24.6 Å². The van der Waals surface area contributed by atoms with E-state index in [2.05, 4.69) is 89.2 Å². The molecule has 0 amide bonds. The molecule has 1 aliphatic rings. The summed E-state index contributed by atoms with van der Waals surface area (Å²) in [6.07, 6.45) is 2.36. The minimum absolute atomic E-state index is 0. The molecular formula is C21H23Li. The molecule has 0 unspecified atom stereocenters. The van der Waals surface area contributed by atoms with Gasteiger partial charge in [-0.3, -0.25) is 0 Å². The second-order valence-corrected chi connectivity index (χ2v) is 7.10. The zero-order valence-corrected chi connectivity index (χ0v) is 14.4. The maximum absolute atomic E-state index is 3.96. The molecular weight excluding hydrogens is 259 g/mol. The molecule has 108 valence electrons. The summed E-state index contributed by atoms with van der Waals surface area (Å²) in [7, 11) is 0. The number of fused-ring (bicyclic) bond motifs is 1. The van der Waals surface area contributed by atoms with Gasteiger partial charge in [0.25, 0.3) is 0 Å². The molecule has 0 N–H and O–H groups in total. The van der Waals surface area contributed by atoms with Crippen LogP contribution in [0.2, 0.25) is 0 Å². The quantitative estimate of drug-likeness (QED) is 0.557. The van der Waals surface area contributed by atoms with Gasteiger partial charge in [-0.15, -0.1) is 12.1 Å². The van der Waals surface area contributed by atoms with E-state index in [1.54, 1.807) is 0 Å². The van der Waals surface area contributed by atoms with E-state index in [1.165, 1.54) is 22.3 Å². The Kier molecular flexibility index (Phi) is 4.40. The van der Waals surface area contributed by atoms with Gasteiger partial charge < -0.3 is 0 Å². The minimum Gasteiger partial charge on any atom is -0.199 e. The summed E-state index contributed by atoms with van der Waals surface area (Å²) >= 11 is 0. The molecule has 0 atom stereocenters. The first-order chi connectivity index (χ1) is 9.83. The first-order valence-electron chi connectivity index (χ1n) is 7.58. The summed E-state index contributed by atoms with van der Waals surface area (Å²) in [5, 5.41) is 0. The summed E-state index contributed by atoms with van der Waals surface area (Å²) in [6.45, 7) is 13.3. The van der Waals surface area contributed by atoms with Gasteiger partial charge >= 0.3 is 18.9 Å². The molecule has 0 radical (unpaired) electrons. The van der Waals surface area contributed by atoms with Crippen molar-refractivity contribution in [3.8, 4) is 0 Å². The number of rotatable bonds is 1. The molecule has 3 rings (SSSR count). The number of hydrogen-bond acceptors (Lipinski definition) is 0. The number of allylic oxidation sites excluding steroid dienone is 1. The molecule has 0 bridgehead atoms. The predicted molar refractivity (Wildman–Crippen MR) is 91.4 cm³/mol. The van der Waals surface area contributed by atoms with Crippen LogP contribution in [0.25, 0.3) is 6.08 Å². The third-order valence-corrected chi connectivity index (χ3v) is 4.91. The van der Waals surface area contributed by atoms with Crippen LogP contribution >= 0.6 is 0 Å². The smallest absolute Gasteiger partial charge is 0.199 e. The summed E-state index contributed by atoms with van der Waals surface area (Å²) in [5.41, 5.74) is 6.85. The van der Waals surface area contributed by atoms with Crippen LogP contribution in [0.5, 0.6) is 0 Å². The van der Waals surface area contributed by atoms with E-state index in [9.17, 15) is 0 Å². The maximum Gasteiger partial charge on any atom is 1.00 e. The number of benzene rings is 2. The molecule has 0 fully saturated rings. The van der Waals surface area contributed by atoms with Crippen LogP contribution in [0.1, 0.15) is 49.9 Å². The zero-order chi connectivity index (χ0) is 15.3. The Labute approximate surface area is 146 Å². The molecule has 0 heterocycles. The minimum atomic E-state index is 0. The monoisotopic (exact) mass is 282 g/mol. The van der Waals surface area contributed by atoms with E-state index < -0.39 is 0 Å². The SMILES string of the molecule is [CH2-]c1ccc(C=C2C(C)(C)c3ccccc3C2(C)C)cc1.[Li+]. The van der Waals surface area contributed by atoms with Crippen LogP contribution in [-0.4, -0.2) is 0 Å². The topological polar surface area (TPSA) is 0 Å². The van der Waals surface area contributed by atoms with E-state index >= 15 is 0 Å². The Morgan fingerprint density at radius 3 is 1.68 bits per heavy atom. The summed E-state index contributed by atoms with van der Waals surface area (Å²) < 4.78 is 0. The van der Waals surface area contributed by atoms with Crippen LogP contribution in [0, 0.1) is 6.92 Å². The van der Waals surface area contributed by atoms with E-state index in [0.29, 0.717) is 0 Å². The van der Waals surface area contributed by atoms with Crippen LogP contribution in [0.3, 0.4) is 0 Å². The summed E-state index contributed by atoms with van der Waals surface area (Å²) in [6, 6.07) is 17.3. The van der Waals surface area contributed by atoms with Crippen molar-refractivity contribution in [2.24, 2.45) is 0 Å². The Hall–Kier alpha value is -1.35. The maximum atomic E-state index is 3.96. The van der Waals surface area contributed by atoms with Crippen molar-refractivity contribution >= 4 is 6.08 Å². The second-order valence-electron chi connectivity index (χ2n) is 7.10. The molecule has 0 aliphatic heterocycles. The average Bonchev–Trinajstić information content (AvgIpc) is 2.60. The standard InChI is InChI=1S/C21H23.Li/c1-15-10-12-16(13-11-15)14-19-20(2,3)17-8-6-7-9-18(17)21(19,4)5;/h6-14H,1H2,2-5H3;/q-1;+1. The van der Waals surface area contributed by atoms with Crippen LogP contribution in [0.4, 0.5) is 0 Å². The Balaban J connectivity index is 0.00000176. The Morgan fingerprint density at radius 2 is 1.23 bits per heavy atom. The normalized spacial score (nSPS) is 17.5. The molecule has 0 aromatic heterocycles. The van der Waals surface area contributed by atoms with Gasteiger partial charge in [0, 0.05) is 10.8 Å². The van der Waals surface area contributed by atoms with Crippen molar-refractivity contribution in [2.75, 3.05) is 0 Å². The molecule has 0 nitrogen and oxygen atoms in total. The zero-order valence-electron chi connectivity index (χ0n) is 14.4. The molecule has 1 aliphatic carbocycles. The van der Waals surface area contributed by atoms with Gasteiger partial charge in [0.15, 0.2) is 0 Å². The average molecular weight is 282 g/mol. The van der Waals surface area contributed by atoms with Gasteiger partial charge in [0.1, 0.15) is 0 Å². The van der Waals surface area contributed by atoms with Crippen LogP contribution in [0.15, 0.2) is 54.1 Å². The van der Waals surface area contributed by atoms with Gasteiger partial charge in [-0.1, -0.05) is 58.0 Å². The first kappa shape index (κ1) is 17.0. The predicted octanol–water partition coefficient (Wildman–Crippen LogP) is 2.53.